The number of fused-ring (bicyclic) bond motifs is 3. The Balaban J connectivity index is 1.45. The minimum absolute atomic E-state index is 0.465. The van der Waals surface area contributed by atoms with Crippen LogP contribution < -0.4 is 10.6 Å². The summed E-state index contributed by atoms with van der Waals surface area (Å²) in [6.45, 7) is 3.26. The Morgan fingerprint density at radius 3 is 3.09 bits per heavy atom. The minimum atomic E-state index is 0.465. The maximum absolute atomic E-state index is 4.76. The first-order valence-electron chi connectivity index (χ1n) is 8.02. The van der Waals surface area contributed by atoms with E-state index < -0.39 is 0 Å². The lowest BCUT2D eigenvalue weighted by molar-refractivity contribution is 0.465. The summed E-state index contributed by atoms with van der Waals surface area (Å²) in [5, 5.41) is 7.14. The molecule has 3 aromatic rings. The van der Waals surface area contributed by atoms with Crippen molar-refractivity contribution in [2.45, 2.75) is 31.8 Å². The lowest BCUT2D eigenvalue weighted by atomic mass is 10.1. The zero-order chi connectivity index (χ0) is 15.4. The largest absolute Gasteiger partial charge is 0.364 e. The summed E-state index contributed by atoms with van der Waals surface area (Å²) >= 11 is 1.69. The van der Waals surface area contributed by atoms with Gasteiger partial charge in [-0.2, -0.15) is 0 Å². The Kier molecular flexibility index (Phi) is 2.93. The van der Waals surface area contributed by atoms with Gasteiger partial charge in [-0.15, -0.1) is 11.3 Å². The molecule has 7 heteroatoms. The second-order valence-electron chi connectivity index (χ2n) is 6.53. The molecule has 6 nitrogen and oxygen atoms in total. The van der Waals surface area contributed by atoms with Crippen molar-refractivity contribution in [3.05, 3.63) is 29.7 Å². The van der Waals surface area contributed by atoms with Gasteiger partial charge in [-0.1, -0.05) is 0 Å². The quantitative estimate of drug-likeness (QED) is 0.773. The molecule has 2 N–H and O–H groups in total. The van der Waals surface area contributed by atoms with Crippen LogP contribution in [0.2, 0.25) is 0 Å². The highest BCUT2D eigenvalue weighted by atomic mass is 32.1. The number of hydrogen-bond acceptors (Lipinski definition) is 6. The van der Waals surface area contributed by atoms with Crippen molar-refractivity contribution in [3.63, 3.8) is 0 Å². The van der Waals surface area contributed by atoms with Gasteiger partial charge in [0.15, 0.2) is 4.96 Å². The Bertz CT molecular complexity index is 868. The van der Waals surface area contributed by atoms with Gasteiger partial charge in [0.05, 0.1) is 24.3 Å². The van der Waals surface area contributed by atoms with Crippen molar-refractivity contribution in [2.24, 2.45) is 5.92 Å². The molecule has 3 atom stereocenters. The van der Waals surface area contributed by atoms with Gasteiger partial charge in [-0.25, -0.2) is 9.97 Å². The summed E-state index contributed by atoms with van der Waals surface area (Å²) in [4.78, 5) is 15.8. The molecule has 1 saturated heterocycles. The fourth-order valence-corrected chi connectivity index (χ4v) is 4.65. The number of aromatic nitrogens is 4. The zero-order valence-corrected chi connectivity index (χ0v) is 13.7. The van der Waals surface area contributed by atoms with Crippen LogP contribution in [0.1, 0.15) is 17.7 Å². The van der Waals surface area contributed by atoms with Crippen LogP contribution in [0, 0.1) is 12.8 Å². The second-order valence-corrected chi connectivity index (χ2v) is 7.74. The minimum Gasteiger partial charge on any atom is -0.364 e. The molecule has 0 aromatic carbocycles. The maximum atomic E-state index is 4.76. The summed E-state index contributed by atoms with van der Waals surface area (Å²) in [5.41, 5.74) is 1.85. The highest BCUT2D eigenvalue weighted by molar-refractivity contribution is 7.17. The number of rotatable bonds is 3. The predicted octanol–water partition coefficient (Wildman–Crippen LogP) is 2.32. The van der Waals surface area contributed by atoms with Crippen molar-refractivity contribution >= 4 is 22.1 Å². The Labute approximate surface area is 138 Å². The van der Waals surface area contributed by atoms with Gasteiger partial charge >= 0.3 is 0 Å². The molecule has 0 unspecified atom stereocenters. The van der Waals surface area contributed by atoms with E-state index in [-0.39, 0.29) is 0 Å². The van der Waals surface area contributed by atoms with Crippen LogP contribution in [0.3, 0.4) is 0 Å². The highest BCUT2D eigenvalue weighted by Gasteiger charge is 2.39. The maximum Gasteiger partial charge on any atom is 0.194 e. The molecule has 1 aliphatic heterocycles. The molecular weight excluding hydrogens is 308 g/mol. The van der Waals surface area contributed by atoms with Crippen LogP contribution in [0.5, 0.6) is 0 Å². The van der Waals surface area contributed by atoms with Gasteiger partial charge in [0.2, 0.25) is 0 Å². The van der Waals surface area contributed by atoms with Crippen molar-refractivity contribution in [2.75, 3.05) is 11.9 Å². The molecule has 0 spiro atoms. The standard InChI is InChI=1S/C16H18N6S/c1-9-8-22-14(6-19-16(22)23-9)13-5-17-7-15(21-13)20-12-3-10-2-11(12)18-4-10/h5-8,10-12,18H,2-4H2,1H3,(H,20,21)/t10-,11+,12-/m1/s1. The van der Waals surface area contributed by atoms with Crippen LogP contribution in [0.4, 0.5) is 5.82 Å². The van der Waals surface area contributed by atoms with E-state index in [1.165, 1.54) is 24.3 Å². The smallest absolute Gasteiger partial charge is 0.194 e. The van der Waals surface area contributed by atoms with Gasteiger partial charge in [-0.3, -0.25) is 9.38 Å². The van der Waals surface area contributed by atoms with E-state index in [4.69, 9.17) is 4.98 Å². The molecule has 3 aromatic heterocycles. The van der Waals surface area contributed by atoms with Crippen LogP contribution in [-0.2, 0) is 0 Å². The first-order chi connectivity index (χ1) is 11.3. The molecule has 1 aliphatic carbocycles. The lowest BCUT2D eigenvalue weighted by Crippen LogP contribution is -2.41. The number of anilines is 1. The fourth-order valence-electron chi connectivity index (χ4n) is 3.85. The topological polar surface area (TPSA) is 67.1 Å². The molecule has 2 aliphatic rings. The SMILES string of the molecule is Cc1cn2c(-c3cncc(N[C@@H]4C[C@@H]5CN[C@H]4C5)n3)cnc2s1. The molecule has 0 radical (unpaired) electrons. The van der Waals surface area contributed by atoms with Crippen molar-refractivity contribution in [1.29, 1.82) is 0 Å². The Morgan fingerprint density at radius 1 is 1.30 bits per heavy atom. The first kappa shape index (κ1) is 13.4. The average molecular weight is 326 g/mol. The van der Waals surface area contributed by atoms with E-state index in [0.717, 1.165) is 28.1 Å². The van der Waals surface area contributed by atoms with Gasteiger partial charge in [0.25, 0.3) is 0 Å². The summed E-state index contributed by atoms with van der Waals surface area (Å²) < 4.78 is 2.09. The summed E-state index contributed by atoms with van der Waals surface area (Å²) in [6, 6.07) is 1.04. The summed E-state index contributed by atoms with van der Waals surface area (Å²) in [7, 11) is 0. The van der Waals surface area contributed by atoms with E-state index in [1.807, 2.05) is 12.4 Å². The number of thiazole rings is 1. The van der Waals surface area contributed by atoms with E-state index in [0.29, 0.717) is 12.1 Å². The van der Waals surface area contributed by atoms with E-state index in [9.17, 15) is 0 Å². The van der Waals surface area contributed by atoms with E-state index in [2.05, 4.69) is 38.1 Å². The van der Waals surface area contributed by atoms with Gasteiger partial charge < -0.3 is 10.6 Å². The number of imidazole rings is 1. The lowest BCUT2D eigenvalue weighted by Gasteiger charge is -2.24. The molecular formula is C16H18N6S. The predicted molar refractivity (Wildman–Crippen MR) is 90.8 cm³/mol. The average Bonchev–Trinajstić information content (AvgIpc) is 3.28. The first-order valence-corrected chi connectivity index (χ1v) is 8.84. The van der Waals surface area contributed by atoms with Crippen LogP contribution >= 0.6 is 11.3 Å². The van der Waals surface area contributed by atoms with E-state index in [1.54, 1.807) is 17.5 Å². The van der Waals surface area contributed by atoms with Gasteiger partial charge in [0, 0.05) is 23.2 Å². The highest BCUT2D eigenvalue weighted by Crippen LogP contribution is 2.33. The molecule has 118 valence electrons. The number of piperidine rings is 1. The number of nitrogens with one attached hydrogen (secondary N) is 2. The summed E-state index contributed by atoms with van der Waals surface area (Å²) in [5.74, 6) is 1.67. The number of nitrogens with zero attached hydrogens (tertiary/aromatic N) is 4. The fraction of sp³-hybridized carbons (Fsp3) is 0.438. The van der Waals surface area contributed by atoms with Crippen molar-refractivity contribution < 1.29 is 0 Å². The molecule has 23 heavy (non-hydrogen) atoms. The third-order valence-electron chi connectivity index (χ3n) is 4.89. The van der Waals surface area contributed by atoms with Crippen LogP contribution in [-0.4, -0.2) is 38.0 Å². The molecule has 2 fully saturated rings. The molecule has 4 heterocycles. The molecule has 5 rings (SSSR count). The summed E-state index contributed by atoms with van der Waals surface area (Å²) in [6.07, 6.45) is 10.1. The van der Waals surface area contributed by atoms with Gasteiger partial charge in [0.1, 0.15) is 11.5 Å². The van der Waals surface area contributed by atoms with Crippen molar-refractivity contribution in [3.8, 4) is 11.4 Å². The van der Waals surface area contributed by atoms with Crippen molar-refractivity contribution in [1.82, 2.24) is 24.7 Å². The Morgan fingerprint density at radius 2 is 2.26 bits per heavy atom. The monoisotopic (exact) mass is 326 g/mol. The van der Waals surface area contributed by atoms with E-state index >= 15 is 0 Å². The number of hydrogen-bond donors (Lipinski definition) is 2. The van der Waals surface area contributed by atoms with Crippen LogP contribution in [0.25, 0.3) is 16.3 Å². The molecule has 0 amide bonds. The normalized spacial score (nSPS) is 26.2. The zero-order valence-electron chi connectivity index (χ0n) is 12.9. The molecule has 2 bridgehead atoms. The third kappa shape index (κ3) is 2.22. The third-order valence-corrected chi connectivity index (χ3v) is 5.80. The molecule has 1 saturated carbocycles. The number of aryl methyl sites for hydroxylation is 1. The van der Waals surface area contributed by atoms with Crippen LogP contribution in [0.15, 0.2) is 24.8 Å². The van der Waals surface area contributed by atoms with Gasteiger partial charge in [-0.05, 0) is 32.2 Å². The Hall–Kier alpha value is -1.99. The second kappa shape index (κ2) is 5.01.